The van der Waals surface area contributed by atoms with Gasteiger partial charge in [-0.05, 0) is 56.2 Å². The van der Waals surface area contributed by atoms with Gasteiger partial charge >= 0.3 is 0 Å². The average Bonchev–Trinajstić information content (AvgIpc) is 2.28. The molecule has 0 spiro atoms. The minimum atomic E-state index is 0.438. The van der Waals surface area contributed by atoms with Crippen LogP contribution in [0.2, 0.25) is 0 Å². The third-order valence-corrected chi connectivity index (χ3v) is 3.38. The third kappa shape index (κ3) is 3.20. The minimum Gasteiger partial charge on any atom is -0.370 e. The first-order valence-corrected chi connectivity index (χ1v) is 6.16. The number of hydrogen-bond donors (Lipinski definition) is 2. The van der Waals surface area contributed by atoms with E-state index >= 15 is 0 Å². The van der Waals surface area contributed by atoms with Gasteiger partial charge in [-0.3, -0.25) is 0 Å². The highest BCUT2D eigenvalue weighted by Gasteiger charge is 2.18. The number of pyridine rings is 1. The lowest BCUT2D eigenvalue weighted by Crippen LogP contribution is -2.29. The Hall–Kier alpha value is -1.09. The first-order chi connectivity index (χ1) is 7.74. The molecule has 0 unspecified atom stereocenters. The Kier molecular flexibility index (Phi) is 3.78. The SMILES string of the molecule is Cc1ccnc(NCC2CCC(N)CC2)c1. The van der Waals surface area contributed by atoms with Gasteiger partial charge in [0.2, 0.25) is 0 Å². The van der Waals surface area contributed by atoms with Crippen molar-refractivity contribution in [2.75, 3.05) is 11.9 Å². The molecule has 0 radical (unpaired) electrons. The highest BCUT2D eigenvalue weighted by molar-refractivity contribution is 5.36. The molecule has 2 rings (SSSR count). The predicted octanol–water partition coefficient (Wildman–Crippen LogP) is 2.32. The van der Waals surface area contributed by atoms with E-state index in [0.717, 1.165) is 18.3 Å². The molecule has 0 aliphatic heterocycles. The van der Waals surface area contributed by atoms with Gasteiger partial charge < -0.3 is 11.1 Å². The van der Waals surface area contributed by atoms with E-state index in [1.54, 1.807) is 0 Å². The lowest BCUT2D eigenvalue weighted by Gasteiger charge is -2.26. The summed E-state index contributed by atoms with van der Waals surface area (Å²) >= 11 is 0. The molecule has 1 heterocycles. The maximum absolute atomic E-state index is 5.89. The second-order valence-corrected chi connectivity index (χ2v) is 4.88. The molecule has 3 heteroatoms. The predicted molar refractivity (Wildman–Crippen MR) is 67.4 cm³/mol. The van der Waals surface area contributed by atoms with Crippen LogP contribution in [0, 0.1) is 12.8 Å². The molecule has 1 saturated carbocycles. The monoisotopic (exact) mass is 219 g/mol. The van der Waals surface area contributed by atoms with Gasteiger partial charge in [-0.2, -0.15) is 0 Å². The van der Waals surface area contributed by atoms with Crippen molar-refractivity contribution in [1.82, 2.24) is 4.98 Å². The van der Waals surface area contributed by atoms with Gasteiger partial charge in [-0.15, -0.1) is 0 Å². The van der Waals surface area contributed by atoms with E-state index < -0.39 is 0 Å². The van der Waals surface area contributed by atoms with Crippen LogP contribution in [0.25, 0.3) is 0 Å². The van der Waals surface area contributed by atoms with Crippen molar-refractivity contribution in [3.63, 3.8) is 0 Å². The van der Waals surface area contributed by atoms with Crippen LogP contribution in [0.1, 0.15) is 31.2 Å². The second kappa shape index (κ2) is 5.30. The van der Waals surface area contributed by atoms with Crippen LogP contribution in [0.15, 0.2) is 18.3 Å². The molecule has 0 aromatic carbocycles. The molecule has 88 valence electrons. The number of aryl methyl sites for hydroxylation is 1. The molecule has 3 nitrogen and oxygen atoms in total. The molecule has 0 saturated heterocycles. The highest BCUT2D eigenvalue weighted by atomic mass is 15.0. The fourth-order valence-corrected chi connectivity index (χ4v) is 2.27. The Bertz CT molecular complexity index is 330. The van der Waals surface area contributed by atoms with Crippen molar-refractivity contribution < 1.29 is 0 Å². The Morgan fingerprint density at radius 2 is 2.12 bits per heavy atom. The van der Waals surface area contributed by atoms with E-state index in [0.29, 0.717) is 6.04 Å². The number of rotatable bonds is 3. The van der Waals surface area contributed by atoms with Crippen LogP contribution >= 0.6 is 0 Å². The van der Waals surface area contributed by atoms with Crippen LogP contribution in [0.4, 0.5) is 5.82 Å². The fourth-order valence-electron chi connectivity index (χ4n) is 2.27. The Morgan fingerprint density at radius 3 is 2.81 bits per heavy atom. The molecule has 16 heavy (non-hydrogen) atoms. The number of nitrogens with zero attached hydrogens (tertiary/aromatic N) is 1. The molecule has 1 aliphatic rings. The summed E-state index contributed by atoms with van der Waals surface area (Å²) in [6, 6.07) is 4.55. The molecule has 0 amide bonds. The van der Waals surface area contributed by atoms with Crippen molar-refractivity contribution in [1.29, 1.82) is 0 Å². The topological polar surface area (TPSA) is 50.9 Å². The van der Waals surface area contributed by atoms with Gasteiger partial charge in [0, 0.05) is 18.8 Å². The quantitative estimate of drug-likeness (QED) is 0.820. The van der Waals surface area contributed by atoms with Crippen LogP contribution in [-0.2, 0) is 0 Å². The number of aromatic nitrogens is 1. The molecular formula is C13H21N3. The van der Waals surface area contributed by atoms with Crippen LogP contribution in [0.5, 0.6) is 0 Å². The smallest absolute Gasteiger partial charge is 0.126 e. The van der Waals surface area contributed by atoms with Crippen LogP contribution < -0.4 is 11.1 Å². The first kappa shape index (κ1) is 11.4. The zero-order chi connectivity index (χ0) is 11.4. The molecular weight excluding hydrogens is 198 g/mol. The molecule has 1 aromatic rings. The van der Waals surface area contributed by atoms with Gasteiger partial charge in [0.1, 0.15) is 5.82 Å². The third-order valence-electron chi connectivity index (χ3n) is 3.38. The zero-order valence-electron chi connectivity index (χ0n) is 9.95. The maximum Gasteiger partial charge on any atom is 0.126 e. The summed E-state index contributed by atoms with van der Waals surface area (Å²) < 4.78 is 0. The van der Waals surface area contributed by atoms with Crippen molar-refractivity contribution in [3.05, 3.63) is 23.9 Å². The number of nitrogens with two attached hydrogens (primary N) is 1. The maximum atomic E-state index is 5.89. The largest absolute Gasteiger partial charge is 0.370 e. The van der Waals surface area contributed by atoms with Crippen molar-refractivity contribution in [3.8, 4) is 0 Å². The Morgan fingerprint density at radius 1 is 1.38 bits per heavy atom. The second-order valence-electron chi connectivity index (χ2n) is 4.88. The molecule has 1 fully saturated rings. The first-order valence-electron chi connectivity index (χ1n) is 6.16. The average molecular weight is 219 g/mol. The number of anilines is 1. The lowest BCUT2D eigenvalue weighted by molar-refractivity contribution is 0.338. The number of nitrogens with one attached hydrogen (secondary N) is 1. The van der Waals surface area contributed by atoms with E-state index in [9.17, 15) is 0 Å². The van der Waals surface area contributed by atoms with Gasteiger partial charge in [0.15, 0.2) is 0 Å². The zero-order valence-corrected chi connectivity index (χ0v) is 9.95. The van der Waals surface area contributed by atoms with Crippen molar-refractivity contribution in [2.45, 2.75) is 38.6 Å². The van der Waals surface area contributed by atoms with Gasteiger partial charge in [-0.1, -0.05) is 0 Å². The number of hydrogen-bond acceptors (Lipinski definition) is 3. The summed E-state index contributed by atoms with van der Waals surface area (Å²) in [6.07, 6.45) is 6.70. The van der Waals surface area contributed by atoms with E-state index in [2.05, 4.69) is 23.3 Å². The van der Waals surface area contributed by atoms with E-state index in [4.69, 9.17) is 5.73 Å². The highest BCUT2D eigenvalue weighted by Crippen LogP contribution is 2.23. The molecule has 0 bridgehead atoms. The molecule has 1 aliphatic carbocycles. The van der Waals surface area contributed by atoms with Crippen LogP contribution in [-0.4, -0.2) is 17.6 Å². The van der Waals surface area contributed by atoms with E-state index in [1.165, 1.54) is 31.2 Å². The summed E-state index contributed by atoms with van der Waals surface area (Å²) in [4.78, 5) is 4.30. The molecule has 0 atom stereocenters. The molecule has 3 N–H and O–H groups in total. The lowest BCUT2D eigenvalue weighted by atomic mass is 9.86. The summed E-state index contributed by atoms with van der Waals surface area (Å²) in [5.41, 5.74) is 7.14. The van der Waals surface area contributed by atoms with Gasteiger partial charge in [0.25, 0.3) is 0 Å². The Labute approximate surface area is 97.5 Å². The van der Waals surface area contributed by atoms with Crippen LogP contribution in [0.3, 0.4) is 0 Å². The molecule has 1 aromatic heterocycles. The van der Waals surface area contributed by atoms with Gasteiger partial charge in [-0.25, -0.2) is 4.98 Å². The summed E-state index contributed by atoms with van der Waals surface area (Å²) in [5.74, 6) is 1.76. The summed E-state index contributed by atoms with van der Waals surface area (Å²) in [5, 5.41) is 3.42. The van der Waals surface area contributed by atoms with Crippen molar-refractivity contribution >= 4 is 5.82 Å². The Balaban J connectivity index is 1.79. The van der Waals surface area contributed by atoms with Crippen molar-refractivity contribution in [2.24, 2.45) is 11.7 Å². The standard InChI is InChI=1S/C13H21N3/c1-10-6-7-15-13(8-10)16-9-11-2-4-12(14)5-3-11/h6-8,11-12H,2-5,9,14H2,1H3,(H,15,16). The normalized spacial score (nSPS) is 25.4. The van der Waals surface area contributed by atoms with Gasteiger partial charge in [0.05, 0.1) is 0 Å². The van der Waals surface area contributed by atoms with E-state index in [-0.39, 0.29) is 0 Å². The summed E-state index contributed by atoms with van der Waals surface area (Å²) in [7, 11) is 0. The fraction of sp³-hybridized carbons (Fsp3) is 0.615. The van der Waals surface area contributed by atoms with E-state index in [1.807, 2.05) is 12.3 Å². The minimum absolute atomic E-state index is 0.438. The summed E-state index contributed by atoms with van der Waals surface area (Å²) in [6.45, 7) is 3.12.